The topological polar surface area (TPSA) is 71.8 Å². The van der Waals surface area contributed by atoms with Gasteiger partial charge in [-0.25, -0.2) is 4.57 Å². The van der Waals surface area contributed by atoms with Crippen molar-refractivity contribution in [3.63, 3.8) is 0 Å². The summed E-state index contributed by atoms with van der Waals surface area (Å²) in [7, 11) is 3.83. The highest BCUT2D eigenvalue weighted by Crippen LogP contribution is 2.22. The third kappa shape index (κ3) is 3.76. The summed E-state index contributed by atoms with van der Waals surface area (Å²) in [4.78, 5) is 0. The lowest BCUT2D eigenvalue weighted by molar-refractivity contribution is -0.654. The summed E-state index contributed by atoms with van der Waals surface area (Å²) in [6, 6.07) is 7.42. The molecular weight excluding hydrogens is 312 g/mol. The Kier molecular flexibility index (Phi) is 4.40. The van der Waals surface area contributed by atoms with Gasteiger partial charge in [0.25, 0.3) is 0 Å². The van der Waals surface area contributed by atoms with Crippen LogP contribution in [-0.4, -0.2) is 17.2 Å². The van der Waals surface area contributed by atoms with Crippen molar-refractivity contribution in [2.75, 3.05) is 7.05 Å². The summed E-state index contributed by atoms with van der Waals surface area (Å²) in [5, 5.41) is 23.0. The molecule has 1 N–H and O–H groups in total. The van der Waals surface area contributed by atoms with E-state index in [0.29, 0.717) is 0 Å². The molecule has 1 aromatic carbocycles. The van der Waals surface area contributed by atoms with Crippen LogP contribution in [0.25, 0.3) is 0 Å². The quantitative estimate of drug-likeness (QED) is 0.689. The Morgan fingerprint density at radius 2 is 1.78 bits per heavy atom. The largest absolute Gasteiger partial charge is 0.408 e. The standard InChI is InChI=1S/C14H17N8S/c1-11-10-21(3)19-22(11)18-16-13-6-4-12(5-7-13)15-17-14-20(2)8-9-23-14/h4-10H,1-3H3,(H,18,19)/q+1. The number of rotatable bonds is 4. The van der Waals surface area contributed by atoms with Gasteiger partial charge in [-0.2, -0.15) is 5.12 Å². The van der Waals surface area contributed by atoms with Gasteiger partial charge in [0.15, 0.2) is 0 Å². The van der Waals surface area contributed by atoms with E-state index in [1.165, 1.54) is 0 Å². The predicted octanol–water partition coefficient (Wildman–Crippen LogP) is 3.52. The number of hydrogen-bond acceptors (Lipinski definition) is 7. The molecule has 3 rings (SSSR count). The zero-order chi connectivity index (χ0) is 16.2. The zero-order valence-electron chi connectivity index (χ0n) is 13.1. The number of azo groups is 1. The molecule has 8 nitrogen and oxygen atoms in total. The molecule has 0 atom stereocenters. The molecule has 1 aliphatic rings. The molecule has 0 radical (unpaired) electrons. The first-order chi connectivity index (χ1) is 11.1. The van der Waals surface area contributed by atoms with Crippen molar-refractivity contribution in [3.05, 3.63) is 47.7 Å². The van der Waals surface area contributed by atoms with Crippen molar-refractivity contribution in [1.29, 1.82) is 0 Å². The van der Waals surface area contributed by atoms with E-state index in [1.807, 2.05) is 72.6 Å². The van der Waals surface area contributed by atoms with Crippen LogP contribution < -0.4 is 10.1 Å². The number of benzene rings is 1. The second-order valence-corrected chi connectivity index (χ2v) is 5.87. The highest BCUT2D eigenvalue weighted by atomic mass is 32.1. The summed E-state index contributed by atoms with van der Waals surface area (Å²) in [6.07, 6.45) is 3.87. The van der Waals surface area contributed by atoms with Crippen LogP contribution in [0.4, 0.5) is 16.5 Å². The monoisotopic (exact) mass is 329 g/mol. The number of hydrogen-bond donors (Lipinski definition) is 1. The maximum atomic E-state index is 4.21. The molecule has 0 saturated carbocycles. The molecule has 0 spiro atoms. The lowest BCUT2D eigenvalue weighted by atomic mass is 10.3. The third-order valence-corrected chi connectivity index (χ3v) is 3.92. The van der Waals surface area contributed by atoms with Crippen LogP contribution in [0.2, 0.25) is 0 Å². The summed E-state index contributed by atoms with van der Waals surface area (Å²) >= 11 is 1.54. The van der Waals surface area contributed by atoms with Crippen LogP contribution in [0.1, 0.15) is 6.92 Å². The van der Waals surface area contributed by atoms with E-state index in [-0.39, 0.29) is 0 Å². The first-order valence-electron chi connectivity index (χ1n) is 6.96. The van der Waals surface area contributed by atoms with E-state index >= 15 is 0 Å². The van der Waals surface area contributed by atoms with Crippen molar-refractivity contribution in [2.45, 2.75) is 6.92 Å². The molecule has 1 aliphatic heterocycles. The van der Waals surface area contributed by atoms with E-state index in [2.05, 4.69) is 26.1 Å². The molecule has 0 bridgehead atoms. The molecule has 9 heteroatoms. The van der Waals surface area contributed by atoms with Crippen molar-refractivity contribution in [1.82, 2.24) is 15.7 Å². The lowest BCUT2D eigenvalue weighted by Gasteiger charge is -2.14. The van der Waals surface area contributed by atoms with Crippen molar-refractivity contribution in [2.24, 2.45) is 27.6 Å². The molecule has 0 amide bonds. The molecule has 0 aliphatic carbocycles. The Balaban J connectivity index is 1.64. The van der Waals surface area contributed by atoms with E-state index in [4.69, 9.17) is 0 Å². The highest BCUT2D eigenvalue weighted by Gasteiger charge is 2.13. The number of aryl methyl sites for hydroxylation is 1. The van der Waals surface area contributed by atoms with Gasteiger partial charge in [0.1, 0.15) is 11.9 Å². The summed E-state index contributed by atoms with van der Waals surface area (Å²) in [5.41, 5.74) is 5.48. The van der Waals surface area contributed by atoms with Crippen LogP contribution in [0.5, 0.6) is 0 Å². The smallest absolute Gasteiger partial charge is 0.298 e. The lowest BCUT2D eigenvalue weighted by Crippen LogP contribution is -2.34. The molecule has 23 heavy (non-hydrogen) atoms. The Bertz CT molecular complexity index is 761. The van der Waals surface area contributed by atoms with Gasteiger partial charge in [-0.15, -0.1) is 10.6 Å². The minimum atomic E-state index is 0.745. The van der Waals surface area contributed by atoms with Gasteiger partial charge in [0.05, 0.1) is 23.5 Å². The maximum absolute atomic E-state index is 4.21. The highest BCUT2D eigenvalue weighted by molar-refractivity contribution is 7.12. The Morgan fingerprint density at radius 3 is 2.35 bits per heavy atom. The Hall–Kier alpha value is -2.65. The molecule has 0 saturated heterocycles. The maximum Gasteiger partial charge on any atom is 0.408 e. The Labute approximate surface area is 138 Å². The van der Waals surface area contributed by atoms with Gasteiger partial charge in [0.2, 0.25) is 0 Å². The van der Waals surface area contributed by atoms with E-state index in [9.17, 15) is 0 Å². The van der Waals surface area contributed by atoms with Gasteiger partial charge < -0.3 is 0 Å². The molecular formula is C14H17N8S+. The zero-order valence-corrected chi connectivity index (χ0v) is 13.9. The number of nitrogens with one attached hydrogen (secondary N) is 1. The predicted molar refractivity (Wildman–Crippen MR) is 87.1 cm³/mol. The van der Waals surface area contributed by atoms with E-state index in [0.717, 1.165) is 22.2 Å². The first-order valence-corrected chi connectivity index (χ1v) is 7.84. The van der Waals surface area contributed by atoms with Gasteiger partial charge in [-0.3, -0.25) is 5.01 Å². The number of allylic oxidation sites excluding steroid dienone is 1. The minimum Gasteiger partial charge on any atom is -0.298 e. The number of thiazole rings is 1. The van der Waals surface area contributed by atoms with Crippen LogP contribution in [0, 0.1) is 0 Å². The van der Waals surface area contributed by atoms with Gasteiger partial charge in [0, 0.05) is 18.6 Å². The number of hydrazine groups is 2. The fourth-order valence-corrected chi connectivity index (χ4v) is 2.57. The van der Waals surface area contributed by atoms with E-state index < -0.39 is 0 Å². The molecule has 1 aromatic heterocycles. The Morgan fingerprint density at radius 1 is 1.09 bits per heavy atom. The van der Waals surface area contributed by atoms with Crippen LogP contribution >= 0.6 is 11.3 Å². The summed E-state index contributed by atoms with van der Waals surface area (Å²) in [6.45, 7) is 1.95. The number of nitrogens with zero attached hydrogens (tertiary/aromatic N) is 7. The van der Waals surface area contributed by atoms with Crippen LogP contribution in [0.15, 0.2) is 68.3 Å². The molecule has 2 heterocycles. The van der Waals surface area contributed by atoms with Crippen LogP contribution in [-0.2, 0) is 7.05 Å². The average Bonchev–Trinajstić information content (AvgIpc) is 3.09. The van der Waals surface area contributed by atoms with Crippen molar-refractivity contribution >= 4 is 27.8 Å². The number of aromatic nitrogens is 1. The second-order valence-electron chi connectivity index (χ2n) is 5.00. The third-order valence-electron chi connectivity index (χ3n) is 3.08. The molecule has 2 aromatic rings. The first kappa shape index (κ1) is 15.3. The van der Waals surface area contributed by atoms with E-state index in [1.54, 1.807) is 16.5 Å². The molecule has 0 unspecified atom stereocenters. The fourth-order valence-electron chi connectivity index (χ4n) is 1.89. The van der Waals surface area contributed by atoms with Crippen molar-refractivity contribution in [3.8, 4) is 0 Å². The van der Waals surface area contributed by atoms with Gasteiger partial charge in [-0.05, 0) is 52.9 Å². The van der Waals surface area contributed by atoms with Gasteiger partial charge in [-0.1, -0.05) is 0 Å². The minimum absolute atomic E-state index is 0.745. The van der Waals surface area contributed by atoms with Crippen LogP contribution in [0.3, 0.4) is 0 Å². The van der Waals surface area contributed by atoms with Gasteiger partial charge >= 0.3 is 5.13 Å². The summed E-state index contributed by atoms with van der Waals surface area (Å²) < 4.78 is 1.92. The molecule has 0 fully saturated rings. The summed E-state index contributed by atoms with van der Waals surface area (Å²) in [5.74, 6) is 0. The average molecular weight is 329 g/mol. The second kappa shape index (κ2) is 6.63. The normalized spacial score (nSPS) is 15.2. The van der Waals surface area contributed by atoms with Crippen molar-refractivity contribution < 1.29 is 4.57 Å². The fraction of sp³-hybridized carbons (Fsp3) is 0.214. The molecule has 118 valence electrons. The SMILES string of the molecule is CC1=CN(C)NN1N=Nc1ccc(N=Nc2scc[n+]2C)cc1.